The summed E-state index contributed by atoms with van der Waals surface area (Å²) in [6.07, 6.45) is 3.02. The number of aromatic hydroxyl groups is 1. The van der Waals surface area contributed by atoms with Gasteiger partial charge in [-0.2, -0.15) is 0 Å². The van der Waals surface area contributed by atoms with Crippen LogP contribution in [-0.4, -0.2) is 97.1 Å². The second-order valence-corrected chi connectivity index (χ2v) is 15.1. The minimum absolute atomic E-state index is 0.0541. The fourth-order valence-electron chi connectivity index (χ4n) is 5.95. The average Bonchev–Trinajstić information content (AvgIpc) is 3.20. The number of nitro groups is 1. The van der Waals surface area contributed by atoms with E-state index in [1.54, 1.807) is 44.3 Å². The van der Waals surface area contributed by atoms with Crippen molar-refractivity contribution < 1.29 is 32.7 Å². The van der Waals surface area contributed by atoms with Crippen molar-refractivity contribution in [2.45, 2.75) is 16.3 Å². The van der Waals surface area contributed by atoms with Gasteiger partial charge in [0, 0.05) is 67.7 Å². The highest BCUT2D eigenvalue weighted by Gasteiger charge is 2.26. The van der Waals surface area contributed by atoms with Crippen molar-refractivity contribution in [2.75, 3.05) is 62.9 Å². The summed E-state index contributed by atoms with van der Waals surface area (Å²) in [5.74, 6) is 1.44. The number of nitrogens with zero attached hydrogens (tertiary/aromatic N) is 6. The van der Waals surface area contributed by atoms with E-state index in [1.807, 2.05) is 52.1 Å². The third-order valence-electron chi connectivity index (χ3n) is 8.76. The molecule has 286 valence electrons. The molecule has 3 aromatic carbocycles. The van der Waals surface area contributed by atoms with Gasteiger partial charge in [-0.25, -0.2) is 13.1 Å². The molecule has 0 atom stereocenters. The van der Waals surface area contributed by atoms with Crippen LogP contribution in [0.15, 0.2) is 101 Å². The molecule has 3 heterocycles. The number of carbonyl (C=O) groups excluding carboxylic acids is 1. The molecule has 2 aromatic heterocycles. The van der Waals surface area contributed by atoms with Gasteiger partial charge in [0.1, 0.15) is 22.9 Å². The van der Waals surface area contributed by atoms with Crippen molar-refractivity contribution in [1.82, 2.24) is 24.8 Å². The number of rotatable bonds is 15. The predicted octanol–water partition coefficient (Wildman–Crippen LogP) is 4.81. The Balaban J connectivity index is 1.04. The molecule has 0 bridgehead atoms. The highest BCUT2D eigenvalue weighted by Crippen LogP contribution is 2.37. The number of hydrogen-bond acceptors (Lipinski definition) is 15. The molecule has 0 spiro atoms. The maximum atomic E-state index is 13.1. The van der Waals surface area contributed by atoms with E-state index in [0.29, 0.717) is 62.3 Å². The van der Waals surface area contributed by atoms with Gasteiger partial charge in [-0.3, -0.25) is 24.8 Å². The Morgan fingerprint density at radius 1 is 0.927 bits per heavy atom. The third kappa shape index (κ3) is 9.58. The summed E-state index contributed by atoms with van der Waals surface area (Å²) < 4.78 is 39.6. The summed E-state index contributed by atoms with van der Waals surface area (Å²) in [6, 6.07) is 21.4. The summed E-state index contributed by atoms with van der Waals surface area (Å²) in [6.45, 7) is 3.48. The van der Waals surface area contributed by atoms with Gasteiger partial charge >= 0.3 is 0 Å². The standard InChI is InChI=1S/C37H38N8O8S2/c1-52-34-19-25(26-18-27(46)23-38-22-26)20-35(53-2)30(34)24-43-13-15-44(16-14-43)36-11-10-32(40-41-36)37(47)42-55(50,51)29-8-9-31(33(21-29)45(48)49)39-12-17-54-28-6-4-3-5-7-28/h3-11,18-23,39,46H,12-17,24H2,1-2H3,(H,42,47). The minimum atomic E-state index is -4.48. The number of sulfonamides is 1. The van der Waals surface area contributed by atoms with Crippen LogP contribution in [0, 0.1) is 10.1 Å². The monoisotopic (exact) mass is 786 g/mol. The summed E-state index contributed by atoms with van der Waals surface area (Å²) in [5, 5.41) is 32.8. The van der Waals surface area contributed by atoms with E-state index in [-0.39, 0.29) is 17.1 Å². The molecule has 1 saturated heterocycles. The van der Waals surface area contributed by atoms with Crippen molar-refractivity contribution in [3.05, 3.63) is 113 Å². The lowest BCUT2D eigenvalue weighted by Gasteiger charge is -2.35. The van der Waals surface area contributed by atoms with Gasteiger partial charge in [-0.15, -0.1) is 22.0 Å². The topological polar surface area (TPSA) is 202 Å². The molecule has 1 fully saturated rings. The van der Waals surface area contributed by atoms with Gasteiger partial charge in [-0.1, -0.05) is 18.2 Å². The summed E-state index contributed by atoms with van der Waals surface area (Å²) in [5.41, 5.74) is 1.86. The number of benzene rings is 3. The number of nitrogens with one attached hydrogen (secondary N) is 2. The van der Waals surface area contributed by atoms with E-state index in [2.05, 4.69) is 25.4 Å². The van der Waals surface area contributed by atoms with Gasteiger partial charge in [-0.05, 0) is 60.2 Å². The first-order valence-corrected chi connectivity index (χ1v) is 19.5. The summed E-state index contributed by atoms with van der Waals surface area (Å²) in [4.78, 5) is 33.0. The number of piperazine rings is 1. The molecule has 0 radical (unpaired) electrons. The van der Waals surface area contributed by atoms with Crippen LogP contribution in [-0.2, 0) is 16.6 Å². The molecule has 16 nitrogen and oxygen atoms in total. The van der Waals surface area contributed by atoms with Gasteiger partial charge in [0.15, 0.2) is 11.5 Å². The van der Waals surface area contributed by atoms with E-state index in [1.165, 1.54) is 24.4 Å². The Labute approximate surface area is 321 Å². The van der Waals surface area contributed by atoms with Crippen molar-refractivity contribution >= 4 is 44.9 Å². The van der Waals surface area contributed by atoms with Crippen LogP contribution in [0.3, 0.4) is 0 Å². The Morgan fingerprint density at radius 2 is 1.65 bits per heavy atom. The number of nitro benzene ring substituents is 1. The number of methoxy groups -OCH3 is 2. The molecule has 0 saturated carbocycles. The van der Waals surface area contributed by atoms with Crippen LogP contribution < -0.4 is 24.4 Å². The molecule has 1 amide bonds. The lowest BCUT2D eigenvalue weighted by molar-refractivity contribution is -0.384. The number of amides is 1. The molecule has 55 heavy (non-hydrogen) atoms. The minimum Gasteiger partial charge on any atom is -0.506 e. The average molecular weight is 787 g/mol. The third-order valence-corrected chi connectivity index (χ3v) is 11.1. The van der Waals surface area contributed by atoms with Crippen LogP contribution in [0.25, 0.3) is 11.1 Å². The molecule has 18 heteroatoms. The smallest absolute Gasteiger partial charge is 0.293 e. The number of carbonyl (C=O) groups is 1. The van der Waals surface area contributed by atoms with Crippen LogP contribution in [0.1, 0.15) is 16.1 Å². The van der Waals surface area contributed by atoms with E-state index < -0.39 is 31.4 Å². The fourth-order valence-corrected chi connectivity index (χ4v) is 7.72. The van der Waals surface area contributed by atoms with E-state index in [4.69, 9.17) is 9.47 Å². The zero-order chi connectivity index (χ0) is 39.0. The van der Waals surface area contributed by atoms with E-state index in [0.717, 1.165) is 27.7 Å². The van der Waals surface area contributed by atoms with Crippen LogP contribution in [0.2, 0.25) is 0 Å². The van der Waals surface area contributed by atoms with E-state index in [9.17, 15) is 28.4 Å². The maximum Gasteiger partial charge on any atom is 0.293 e. The molecule has 5 aromatic rings. The molecule has 3 N–H and O–H groups in total. The number of aromatic nitrogens is 3. The Morgan fingerprint density at radius 3 is 2.29 bits per heavy atom. The number of thioether (sulfide) groups is 1. The molecule has 1 aliphatic heterocycles. The first kappa shape index (κ1) is 38.7. The zero-order valence-corrected chi connectivity index (χ0v) is 31.5. The van der Waals surface area contributed by atoms with Gasteiger partial charge < -0.3 is 24.8 Å². The normalized spacial score (nSPS) is 13.2. The summed E-state index contributed by atoms with van der Waals surface area (Å²) in [7, 11) is -1.30. The number of ether oxygens (including phenoxy) is 2. The van der Waals surface area contributed by atoms with Crippen molar-refractivity contribution in [2.24, 2.45) is 0 Å². The zero-order valence-electron chi connectivity index (χ0n) is 29.9. The lowest BCUT2D eigenvalue weighted by Crippen LogP contribution is -2.46. The van der Waals surface area contributed by atoms with Crippen LogP contribution in [0.4, 0.5) is 17.2 Å². The van der Waals surface area contributed by atoms with Crippen molar-refractivity contribution in [1.29, 1.82) is 0 Å². The highest BCUT2D eigenvalue weighted by atomic mass is 32.2. The SMILES string of the molecule is COc1cc(-c2cncc(O)c2)cc(OC)c1CN1CCN(c2ccc(C(=O)NS(=O)(=O)c3ccc(NCCSc4ccccc4)c([N+](=O)[O-])c3)nn2)CC1. The molecule has 0 unspecified atom stereocenters. The molecular weight excluding hydrogens is 749 g/mol. The maximum absolute atomic E-state index is 13.1. The summed E-state index contributed by atoms with van der Waals surface area (Å²) >= 11 is 1.57. The fraction of sp³-hybridized carbons (Fsp3) is 0.243. The van der Waals surface area contributed by atoms with Crippen molar-refractivity contribution in [3.8, 4) is 28.4 Å². The van der Waals surface area contributed by atoms with Gasteiger partial charge in [0.2, 0.25) is 0 Å². The van der Waals surface area contributed by atoms with E-state index >= 15 is 0 Å². The van der Waals surface area contributed by atoms with Gasteiger partial charge in [0.05, 0.1) is 35.8 Å². The van der Waals surface area contributed by atoms with Crippen LogP contribution in [0.5, 0.6) is 17.2 Å². The highest BCUT2D eigenvalue weighted by molar-refractivity contribution is 7.99. The molecule has 1 aliphatic rings. The first-order valence-electron chi connectivity index (χ1n) is 17.0. The first-order chi connectivity index (χ1) is 26.5. The van der Waals surface area contributed by atoms with Crippen LogP contribution >= 0.6 is 11.8 Å². The number of hydrogen-bond donors (Lipinski definition) is 3. The number of pyridine rings is 1. The largest absolute Gasteiger partial charge is 0.506 e. The Hall–Kier alpha value is -5.98. The van der Waals surface area contributed by atoms with Gasteiger partial charge in [0.25, 0.3) is 21.6 Å². The second kappa shape index (κ2) is 17.4. The Kier molecular flexibility index (Phi) is 12.3. The second-order valence-electron chi connectivity index (χ2n) is 12.3. The predicted molar refractivity (Wildman–Crippen MR) is 207 cm³/mol. The molecular formula is C37H38N8O8S2. The molecule has 0 aliphatic carbocycles. The number of anilines is 2. The lowest BCUT2D eigenvalue weighted by atomic mass is 10.0. The Bertz CT molecular complexity index is 2230. The molecule has 6 rings (SSSR count). The van der Waals surface area contributed by atoms with Crippen molar-refractivity contribution in [3.63, 3.8) is 0 Å². The quantitative estimate of drug-likeness (QED) is 0.0564.